The molecule has 1 heterocycles. The molecular weight excluding hydrogens is 214 g/mol. The van der Waals surface area contributed by atoms with Crippen LogP contribution in [-0.4, -0.2) is 21.6 Å². The van der Waals surface area contributed by atoms with E-state index in [0.717, 1.165) is 37.8 Å². The first-order valence-corrected chi connectivity index (χ1v) is 6.42. The van der Waals surface area contributed by atoms with Gasteiger partial charge in [0.1, 0.15) is 5.78 Å². The Morgan fingerprint density at radius 1 is 1.59 bits per heavy atom. The van der Waals surface area contributed by atoms with Crippen LogP contribution in [-0.2, 0) is 18.3 Å². The highest BCUT2D eigenvalue weighted by Gasteiger charge is 2.24. The molecule has 4 nitrogen and oxygen atoms in total. The van der Waals surface area contributed by atoms with E-state index in [2.05, 4.69) is 5.10 Å². The largest absolute Gasteiger partial charge is 0.328 e. The van der Waals surface area contributed by atoms with Crippen molar-refractivity contribution in [3.05, 3.63) is 18.0 Å². The van der Waals surface area contributed by atoms with Crippen molar-refractivity contribution >= 4 is 5.78 Å². The lowest BCUT2D eigenvalue weighted by Gasteiger charge is -2.25. The topological polar surface area (TPSA) is 60.9 Å². The standard InChI is InChI=1S/C13H21N3O/c1-16-12(7-8-15-16)5-6-13(17)10-3-2-4-11(14)9-10/h7-8,10-11H,2-6,9,14H2,1H3. The van der Waals surface area contributed by atoms with Gasteiger partial charge >= 0.3 is 0 Å². The number of carbonyl (C=O) groups is 1. The Hall–Kier alpha value is -1.16. The third kappa shape index (κ3) is 3.16. The van der Waals surface area contributed by atoms with Gasteiger partial charge in [0.05, 0.1) is 0 Å². The molecule has 1 saturated carbocycles. The molecule has 0 aromatic carbocycles. The molecule has 1 fully saturated rings. The lowest BCUT2D eigenvalue weighted by Crippen LogP contribution is -2.31. The number of ketones is 1. The molecule has 0 spiro atoms. The second-order valence-corrected chi connectivity index (χ2v) is 5.04. The van der Waals surface area contributed by atoms with E-state index in [4.69, 9.17) is 5.73 Å². The fourth-order valence-electron chi connectivity index (χ4n) is 2.62. The van der Waals surface area contributed by atoms with Crippen molar-refractivity contribution in [3.63, 3.8) is 0 Å². The number of aromatic nitrogens is 2. The Balaban J connectivity index is 1.83. The minimum atomic E-state index is 0.201. The molecular formula is C13H21N3O. The third-order valence-corrected chi connectivity index (χ3v) is 3.72. The zero-order chi connectivity index (χ0) is 12.3. The summed E-state index contributed by atoms with van der Waals surface area (Å²) in [5.41, 5.74) is 7.04. The number of hydrogen-bond donors (Lipinski definition) is 1. The summed E-state index contributed by atoms with van der Waals surface area (Å²) in [4.78, 5) is 12.1. The number of carbonyl (C=O) groups excluding carboxylic acids is 1. The van der Waals surface area contributed by atoms with Crippen LogP contribution in [0.25, 0.3) is 0 Å². The lowest BCUT2D eigenvalue weighted by molar-refractivity contribution is -0.123. The lowest BCUT2D eigenvalue weighted by atomic mass is 9.82. The Morgan fingerprint density at radius 2 is 2.41 bits per heavy atom. The second kappa shape index (κ2) is 5.45. The van der Waals surface area contributed by atoms with Gasteiger partial charge in [-0.05, 0) is 31.7 Å². The molecule has 1 aromatic heterocycles. The van der Waals surface area contributed by atoms with Gasteiger partial charge in [0.15, 0.2) is 0 Å². The second-order valence-electron chi connectivity index (χ2n) is 5.04. The maximum Gasteiger partial charge on any atom is 0.136 e. The van der Waals surface area contributed by atoms with Gasteiger partial charge in [0.25, 0.3) is 0 Å². The van der Waals surface area contributed by atoms with Crippen LogP contribution < -0.4 is 5.73 Å². The van der Waals surface area contributed by atoms with Crippen LogP contribution in [0.4, 0.5) is 0 Å². The van der Waals surface area contributed by atoms with Crippen molar-refractivity contribution in [2.45, 2.75) is 44.6 Å². The van der Waals surface area contributed by atoms with Crippen LogP contribution in [0, 0.1) is 5.92 Å². The molecule has 1 aliphatic rings. The summed E-state index contributed by atoms with van der Waals surface area (Å²) >= 11 is 0. The van der Waals surface area contributed by atoms with E-state index in [9.17, 15) is 4.79 Å². The molecule has 0 radical (unpaired) electrons. The monoisotopic (exact) mass is 235 g/mol. The van der Waals surface area contributed by atoms with Crippen LogP contribution >= 0.6 is 0 Å². The highest BCUT2D eigenvalue weighted by molar-refractivity contribution is 5.81. The SMILES string of the molecule is Cn1nccc1CCC(=O)C1CCCC(N)C1. The average Bonchev–Trinajstić information content (AvgIpc) is 2.72. The number of rotatable bonds is 4. The molecule has 17 heavy (non-hydrogen) atoms. The van der Waals surface area contributed by atoms with Gasteiger partial charge in [-0.2, -0.15) is 5.10 Å². The van der Waals surface area contributed by atoms with Crippen molar-refractivity contribution in [2.24, 2.45) is 18.7 Å². The molecule has 1 aromatic rings. The molecule has 1 aliphatic carbocycles. The van der Waals surface area contributed by atoms with E-state index in [0.29, 0.717) is 12.2 Å². The molecule has 2 N–H and O–H groups in total. The summed E-state index contributed by atoms with van der Waals surface area (Å²) in [7, 11) is 1.91. The Bertz CT molecular complexity index is 386. The number of aryl methyl sites for hydroxylation is 2. The van der Waals surface area contributed by atoms with Crippen molar-refractivity contribution in [1.29, 1.82) is 0 Å². The first kappa shape index (κ1) is 12.3. The van der Waals surface area contributed by atoms with Gasteiger partial charge in [-0.1, -0.05) is 6.42 Å². The molecule has 94 valence electrons. The van der Waals surface area contributed by atoms with Crippen LogP contribution in [0.3, 0.4) is 0 Å². The highest BCUT2D eigenvalue weighted by atomic mass is 16.1. The molecule has 4 heteroatoms. The number of hydrogen-bond acceptors (Lipinski definition) is 3. The fraction of sp³-hybridized carbons (Fsp3) is 0.692. The van der Waals surface area contributed by atoms with Crippen molar-refractivity contribution in [2.75, 3.05) is 0 Å². The van der Waals surface area contributed by atoms with Crippen LogP contribution in [0.2, 0.25) is 0 Å². The summed E-state index contributed by atoms with van der Waals surface area (Å²) in [5.74, 6) is 0.577. The predicted molar refractivity (Wildman–Crippen MR) is 66.5 cm³/mol. The summed E-state index contributed by atoms with van der Waals surface area (Å²) < 4.78 is 1.83. The number of Topliss-reactive ketones (excluding diaryl/α,β-unsaturated/α-hetero) is 1. The summed E-state index contributed by atoms with van der Waals surface area (Å²) in [6, 6.07) is 2.20. The van der Waals surface area contributed by atoms with E-state index in [1.807, 2.05) is 17.8 Å². The van der Waals surface area contributed by atoms with E-state index >= 15 is 0 Å². The highest BCUT2D eigenvalue weighted by Crippen LogP contribution is 2.25. The van der Waals surface area contributed by atoms with E-state index in [1.165, 1.54) is 0 Å². The van der Waals surface area contributed by atoms with Gasteiger partial charge in [0.2, 0.25) is 0 Å². The minimum absolute atomic E-state index is 0.201. The van der Waals surface area contributed by atoms with Gasteiger partial charge in [-0.15, -0.1) is 0 Å². The Kier molecular flexibility index (Phi) is 3.94. The molecule has 0 saturated heterocycles. The molecule has 0 bridgehead atoms. The number of nitrogens with two attached hydrogens (primary N) is 1. The molecule has 2 unspecified atom stereocenters. The minimum Gasteiger partial charge on any atom is -0.328 e. The first-order chi connectivity index (χ1) is 8.16. The van der Waals surface area contributed by atoms with E-state index in [-0.39, 0.29) is 12.0 Å². The zero-order valence-electron chi connectivity index (χ0n) is 10.4. The Labute approximate surface area is 102 Å². The summed E-state index contributed by atoms with van der Waals surface area (Å²) in [5, 5.41) is 4.10. The third-order valence-electron chi connectivity index (χ3n) is 3.72. The van der Waals surface area contributed by atoms with E-state index < -0.39 is 0 Å². The van der Waals surface area contributed by atoms with Crippen LogP contribution in [0.15, 0.2) is 12.3 Å². The fourth-order valence-corrected chi connectivity index (χ4v) is 2.62. The average molecular weight is 235 g/mol. The Morgan fingerprint density at radius 3 is 3.06 bits per heavy atom. The van der Waals surface area contributed by atoms with Gasteiger partial charge < -0.3 is 5.73 Å². The summed E-state index contributed by atoms with van der Waals surface area (Å²) in [6.45, 7) is 0. The molecule has 2 rings (SSSR count). The quantitative estimate of drug-likeness (QED) is 0.859. The molecule has 0 aliphatic heterocycles. The van der Waals surface area contributed by atoms with Crippen molar-refractivity contribution < 1.29 is 4.79 Å². The summed E-state index contributed by atoms with van der Waals surface area (Å²) in [6.07, 6.45) is 7.27. The maximum atomic E-state index is 12.1. The van der Waals surface area contributed by atoms with Gasteiger partial charge in [-0.3, -0.25) is 9.48 Å². The van der Waals surface area contributed by atoms with Crippen LogP contribution in [0.1, 0.15) is 37.8 Å². The number of nitrogens with zero attached hydrogens (tertiary/aromatic N) is 2. The van der Waals surface area contributed by atoms with Crippen molar-refractivity contribution in [3.8, 4) is 0 Å². The zero-order valence-corrected chi connectivity index (χ0v) is 10.4. The first-order valence-electron chi connectivity index (χ1n) is 6.42. The normalized spacial score (nSPS) is 24.8. The van der Waals surface area contributed by atoms with Gasteiger partial charge in [-0.25, -0.2) is 0 Å². The molecule has 2 atom stereocenters. The van der Waals surface area contributed by atoms with Crippen molar-refractivity contribution in [1.82, 2.24) is 9.78 Å². The predicted octanol–water partition coefficient (Wildman–Crippen LogP) is 1.44. The smallest absolute Gasteiger partial charge is 0.136 e. The maximum absolute atomic E-state index is 12.1. The molecule has 0 amide bonds. The van der Waals surface area contributed by atoms with Gasteiger partial charge in [0, 0.05) is 37.3 Å². The van der Waals surface area contributed by atoms with Crippen LogP contribution in [0.5, 0.6) is 0 Å². The van der Waals surface area contributed by atoms with E-state index in [1.54, 1.807) is 6.20 Å².